The third-order valence-electron chi connectivity index (χ3n) is 4.26. The summed E-state index contributed by atoms with van der Waals surface area (Å²) in [7, 11) is 0. The first-order chi connectivity index (χ1) is 10.5. The van der Waals surface area contributed by atoms with Crippen LogP contribution in [0.1, 0.15) is 5.56 Å². The average Bonchev–Trinajstić information content (AvgIpc) is 2.91. The first-order valence-corrected chi connectivity index (χ1v) is 6.61. The van der Waals surface area contributed by atoms with Crippen LogP contribution in [0, 0.1) is 0 Å². The lowest BCUT2D eigenvalue weighted by Crippen LogP contribution is -2.29. The second kappa shape index (κ2) is 3.74. The highest BCUT2D eigenvalue weighted by Crippen LogP contribution is 2.32. The van der Waals surface area contributed by atoms with Crippen molar-refractivity contribution in [2.24, 2.45) is 0 Å². The predicted molar refractivity (Wildman–Crippen MR) is 88.4 cm³/mol. The van der Waals surface area contributed by atoms with Gasteiger partial charge >= 0.3 is 0 Å². The Balaban J connectivity index is 2.70. The molecule has 0 fully saturated rings. The summed E-state index contributed by atoms with van der Waals surface area (Å²) in [4.78, 5) is 48.8. The van der Waals surface area contributed by atoms with E-state index in [0.29, 0.717) is 21.7 Å². The van der Waals surface area contributed by atoms with Gasteiger partial charge in [0.25, 0.3) is 0 Å². The lowest BCUT2D eigenvalue weighted by Gasteiger charge is -2.04. The van der Waals surface area contributed by atoms with E-state index in [1.165, 1.54) is 6.08 Å². The zero-order valence-corrected chi connectivity index (χ0v) is 11.4. The number of fused-ring (bicyclic) bond motifs is 2. The van der Waals surface area contributed by atoms with Gasteiger partial charge in [-0.25, -0.2) is 0 Å². The molecule has 4 aromatic rings. The normalized spacial score (nSPS) is 11.8. The summed E-state index contributed by atoms with van der Waals surface area (Å²) in [6.07, 6.45) is 1.40. The van der Waals surface area contributed by atoms with Gasteiger partial charge in [0.05, 0.1) is 0 Å². The van der Waals surface area contributed by atoms with Crippen LogP contribution in [0.15, 0.2) is 44.0 Å². The third-order valence-corrected chi connectivity index (χ3v) is 4.26. The summed E-state index contributed by atoms with van der Waals surface area (Å²) in [5.41, 5.74) is -2.23. The number of benzene rings is 2. The van der Waals surface area contributed by atoms with Crippen molar-refractivity contribution in [2.75, 3.05) is 0 Å². The van der Waals surface area contributed by atoms with Crippen molar-refractivity contribution in [3.05, 3.63) is 76.5 Å². The SMILES string of the molecule is C=Cc1c2c(=C)c(=O)c(=O)c2c2cccc3c(=O)c(=O)c1c32. The fourth-order valence-electron chi connectivity index (χ4n) is 3.34. The van der Waals surface area contributed by atoms with E-state index in [0.717, 1.165) is 0 Å². The zero-order valence-electron chi connectivity index (χ0n) is 11.4. The topological polar surface area (TPSA) is 68.3 Å². The van der Waals surface area contributed by atoms with Crippen molar-refractivity contribution in [3.63, 3.8) is 0 Å². The molecule has 0 aliphatic carbocycles. The molecule has 0 N–H and O–H groups in total. The summed E-state index contributed by atoms with van der Waals surface area (Å²) < 4.78 is 0. The third kappa shape index (κ3) is 1.14. The van der Waals surface area contributed by atoms with E-state index in [1.54, 1.807) is 18.2 Å². The molecule has 0 radical (unpaired) electrons. The molecule has 0 heterocycles. The van der Waals surface area contributed by atoms with Crippen LogP contribution in [0.2, 0.25) is 0 Å². The fourth-order valence-corrected chi connectivity index (χ4v) is 3.34. The fraction of sp³-hybridized carbons (Fsp3) is 0. The number of rotatable bonds is 1. The molecule has 0 aromatic heterocycles. The second-order valence-corrected chi connectivity index (χ2v) is 5.27. The van der Waals surface area contributed by atoms with Crippen molar-refractivity contribution in [1.82, 2.24) is 0 Å². The van der Waals surface area contributed by atoms with Gasteiger partial charge in [-0.2, -0.15) is 0 Å². The zero-order chi connectivity index (χ0) is 15.8. The van der Waals surface area contributed by atoms with Crippen molar-refractivity contribution < 1.29 is 0 Å². The summed E-state index contributed by atoms with van der Waals surface area (Å²) in [6, 6.07) is 4.79. The Bertz CT molecular complexity index is 1370. The Labute approximate surface area is 122 Å². The van der Waals surface area contributed by atoms with Gasteiger partial charge in [-0.1, -0.05) is 37.4 Å². The molecule has 0 aliphatic heterocycles. The minimum absolute atomic E-state index is 0.0469. The highest BCUT2D eigenvalue weighted by atomic mass is 16.2. The monoisotopic (exact) mass is 288 g/mol. The molecule has 4 heteroatoms. The van der Waals surface area contributed by atoms with E-state index in [1.807, 2.05) is 0 Å². The van der Waals surface area contributed by atoms with Crippen LogP contribution in [-0.4, -0.2) is 0 Å². The van der Waals surface area contributed by atoms with Gasteiger partial charge in [0.1, 0.15) is 0 Å². The summed E-state index contributed by atoms with van der Waals surface area (Å²) in [5.74, 6) is 0. The van der Waals surface area contributed by atoms with Gasteiger partial charge in [-0.3, -0.25) is 19.2 Å². The second-order valence-electron chi connectivity index (χ2n) is 5.27. The predicted octanol–water partition coefficient (Wildman–Crippen LogP) is 0.673. The quantitative estimate of drug-likeness (QED) is 0.483. The maximum Gasteiger partial charge on any atom is 0.234 e. The number of hydrogen-bond acceptors (Lipinski definition) is 4. The summed E-state index contributed by atoms with van der Waals surface area (Å²) in [6.45, 7) is 7.33. The first-order valence-electron chi connectivity index (χ1n) is 6.61. The van der Waals surface area contributed by atoms with Crippen molar-refractivity contribution in [2.45, 2.75) is 0 Å². The highest BCUT2D eigenvalue weighted by molar-refractivity contribution is 6.25. The maximum absolute atomic E-state index is 12.3. The van der Waals surface area contributed by atoms with Crippen LogP contribution in [0.3, 0.4) is 0 Å². The molecule has 4 aromatic carbocycles. The van der Waals surface area contributed by atoms with E-state index >= 15 is 0 Å². The minimum atomic E-state index is -0.679. The van der Waals surface area contributed by atoms with E-state index in [4.69, 9.17) is 0 Å². The average molecular weight is 288 g/mol. The largest absolute Gasteiger partial charge is 0.285 e. The minimum Gasteiger partial charge on any atom is -0.285 e. The van der Waals surface area contributed by atoms with Crippen LogP contribution < -0.4 is 26.9 Å². The lowest BCUT2D eigenvalue weighted by atomic mass is 9.96. The number of hydrogen-bond donors (Lipinski definition) is 0. The molecule has 0 atom stereocenters. The maximum atomic E-state index is 12.3. The van der Waals surface area contributed by atoms with E-state index in [-0.39, 0.29) is 21.4 Å². The van der Waals surface area contributed by atoms with Gasteiger partial charge in [0.2, 0.25) is 21.7 Å². The van der Waals surface area contributed by atoms with Crippen molar-refractivity contribution in [3.8, 4) is 0 Å². The Morgan fingerprint density at radius 2 is 1.36 bits per heavy atom. The molecular weight excluding hydrogens is 280 g/mol. The Kier molecular flexibility index (Phi) is 2.14. The molecule has 0 bridgehead atoms. The Hall–Kier alpha value is -3.14. The standard InChI is InChI=1S/C18H8O4/c1-3-8-11-7(2)15(19)17(21)14(11)9-5-4-6-10-12(9)13(8)18(22)16(10)20/h3-6H,1-2H2. The first kappa shape index (κ1) is 12.6. The van der Waals surface area contributed by atoms with Crippen molar-refractivity contribution in [1.29, 1.82) is 0 Å². The molecule has 22 heavy (non-hydrogen) atoms. The van der Waals surface area contributed by atoms with Gasteiger partial charge in [0.15, 0.2) is 0 Å². The lowest BCUT2D eigenvalue weighted by molar-refractivity contribution is 1.58. The van der Waals surface area contributed by atoms with Crippen LogP contribution in [0.4, 0.5) is 0 Å². The van der Waals surface area contributed by atoms with E-state index in [2.05, 4.69) is 13.2 Å². The Morgan fingerprint density at radius 3 is 2.05 bits per heavy atom. The molecule has 4 rings (SSSR count). The van der Waals surface area contributed by atoms with Gasteiger partial charge in [0, 0.05) is 32.1 Å². The molecule has 0 saturated carbocycles. The smallest absolute Gasteiger partial charge is 0.234 e. The van der Waals surface area contributed by atoms with Gasteiger partial charge in [-0.15, -0.1) is 0 Å². The van der Waals surface area contributed by atoms with Crippen LogP contribution in [-0.2, 0) is 0 Å². The molecule has 0 aliphatic rings. The molecule has 0 amide bonds. The highest BCUT2D eigenvalue weighted by Gasteiger charge is 2.23. The van der Waals surface area contributed by atoms with Gasteiger partial charge < -0.3 is 0 Å². The summed E-state index contributed by atoms with van der Waals surface area (Å²) in [5, 5.41) is 1.95. The Morgan fingerprint density at radius 1 is 0.727 bits per heavy atom. The molecule has 0 saturated heterocycles. The van der Waals surface area contributed by atoms with Crippen LogP contribution in [0.25, 0.3) is 45.0 Å². The van der Waals surface area contributed by atoms with E-state index in [9.17, 15) is 19.2 Å². The molecule has 0 spiro atoms. The molecule has 4 nitrogen and oxygen atoms in total. The molecule has 104 valence electrons. The molecule has 0 unspecified atom stereocenters. The van der Waals surface area contributed by atoms with E-state index < -0.39 is 21.7 Å². The van der Waals surface area contributed by atoms with Gasteiger partial charge in [-0.05, 0) is 10.9 Å². The summed E-state index contributed by atoms with van der Waals surface area (Å²) >= 11 is 0. The van der Waals surface area contributed by atoms with Crippen molar-refractivity contribution >= 4 is 45.0 Å². The van der Waals surface area contributed by atoms with Crippen LogP contribution in [0.5, 0.6) is 0 Å². The van der Waals surface area contributed by atoms with Crippen LogP contribution >= 0.6 is 0 Å². The molecular formula is C18H8O4.